The average Bonchev–Trinajstić information content (AvgIpc) is 2.83. The van der Waals surface area contributed by atoms with Crippen LogP contribution >= 0.6 is 23.2 Å². The van der Waals surface area contributed by atoms with Crippen molar-refractivity contribution in [2.24, 2.45) is 0 Å². The van der Waals surface area contributed by atoms with Crippen LogP contribution in [0.3, 0.4) is 0 Å². The van der Waals surface area contributed by atoms with Gasteiger partial charge in [0, 0.05) is 22.2 Å². The van der Waals surface area contributed by atoms with Gasteiger partial charge in [0.25, 0.3) is 0 Å². The van der Waals surface area contributed by atoms with Crippen LogP contribution in [0.2, 0.25) is 10.0 Å². The van der Waals surface area contributed by atoms with Crippen molar-refractivity contribution in [2.45, 2.75) is 12.6 Å². The minimum absolute atomic E-state index is 0.200. The molecular formula is C15H13Cl2NO. The Hall–Kier alpha value is -1.22. The fourth-order valence-electron chi connectivity index (χ4n) is 2.24. The SMILES string of the molecule is Clc1ccc(Cl)c(CNC2COc3ccccc32)c1. The molecule has 3 rings (SSSR count). The maximum atomic E-state index is 6.15. The van der Waals surface area contributed by atoms with Gasteiger partial charge in [-0.1, -0.05) is 41.4 Å². The Balaban J connectivity index is 1.72. The standard InChI is InChI=1S/C15H13Cl2NO/c16-11-5-6-13(17)10(7-11)8-18-14-9-19-15-4-2-1-3-12(14)15/h1-7,14,18H,8-9H2. The quantitative estimate of drug-likeness (QED) is 0.915. The molecule has 0 fully saturated rings. The van der Waals surface area contributed by atoms with Crippen molar-refractivity contribution in [1.82, 2.24) is 5.32 Å². The molecule has 0 saturated heterocycles. The van der Waals surface area contributed by atoms with E-state index in [1.54, 1.807) is 6.07 Å². The maximum absolute atomic E-state index is 6.15. The van der Waals surface area contributed by atoms with Crippen molar-refractivity contribution in [3.63, 3.8) is 0 Å². The molecule has 0 radical (unpaired) electrons. The van der Waals surface area contributed by atoms with Gasteiger partial charge in [0.05, 0.1) is 6.04 Å². The lowest BCUT2D eigenvalue weighted by Crippen LogP contribution is -2.22. The number of fused-ring (bicyclic) bond motifs is 1. The fourth-order valence-corrected chi connectivity index (χ4v) is 2.62. The molecule has 1 unspecified atom stereocenters. The van der Waals surface area contributed by atoms with E-state index in [-0.39, 0.29) is 6.04 Å². The molecule has 0 aliphatic carbocycles. The van der Waals surface area contributed by atoms with Crippen molar-refractivity contribution in [3.8, 4) is 5.75 Å². The number of nitrogens with one attached hydrogen (secondary N) is 1. The van der Waals surface area contributed by atoms with Gasteiger partial charge >= 0.3 is 0 Å². The van der Waals surface area contributed by atoms with E-state index in [1.807, 2.05) is 30.3 Å². The number of benzene rings is 2. The smallest absolute Gasteiger partial charge is 0.124 e. The molecule has 0 spiro atoms. The lowest BCUT2D eigenvalue weighted by Gasteiger charge is -2.12. The second-order valence-corrected chi connectivity index (χ2v) is 5.36. The van der Waals surface area contributed by atoms with Gasteiger partial charge in [0.2, 0.25) is 0 Å². The highest BCUT2D eigenvalue weighted by atomic mass is 35.5. The highest BCUT2D eigenvalue weighted by Gasteiger charge is 2.22. The first kappa shape index (κ1) is 12.8. The average molecular weight is 294 g/mol. The van der Waals surface area contributed by atoms with Crippen LogP contribution < -0.4 is 10.1 Å². The van der Waals surface area contributed by atoms with Gasteiger partial charge in [-0.2, -0.15) is 0 Å². The van der Waals surface area contributed by atoms with Crippen LogP contribution in [0.15, 0.2) is 42.5 Å². The minimum Gasteiger partial charge on any atom is -0.491 e. The molecule has 1 N–H and O–H groups in total. The van der Waals surface area contributed by atoms with Crippen LogP contribution in [0.4, 0.5) is 0 Å². The number of hydrogen-bond acceptors (Lipinski definition) is 2. The van der Waals surface area contributed by atoms with Crippen LogP contribution in [0, 0.1) is 0 Å². The van der Waals surface area contributed by atoms with Crippen LogP contribution in [0.5, 0.6) is 5.75 Å². The largest absolute Gasteiger partial charge is 0.491 e. The highest BCUT2D eigenvalue weighted by Crippen LogP contribution is 2.32. The summed E-state index contributed by atoms with van der Waals surface area (Å²) in [5.41, 5.74) is 2.19. The van der Waals surface area contributed by atoms with Gasteiger partial charge in [0.15, 0.2) is 0 Å². The maximum Gasteiger partial charge on any atom is 0.124 e. The molecule has 1 heterocycles. The van der Waals surface area contributed by atoms with E-state index in [0.29, 0.717) is 18.2 Å². The molecule has 0 saturated carbocycles. The molecule has 1 aliphatic heterocycles. The van der Waals surface area contributed by atoms with Gasteiger partial charge in [-0.3, -0.25) is 0 Å². The second-order valence-electron chi connectivity index (χ2n) is 4.52. The lowest BCUT2D eigenvalue weighted by molar-refractivity contribution is 0.310. The van der Waals surface area contributed by atoms with Crippen LogP contribution in [0.25, 0.3) is 0 Å². The molecule has 19 heavy (non-hydrogen) atoms. The summed E-state index contributed by atoms with van der Waals surface area (Å²) in [5.74, 6) is 0.956. The Morgan fingerprint density at radius 2 is 2.00 bits per heavy atom. The van der Waals surface area contributed by atoms with E-state index in [1.165, 1.54) is 5.56 Å². The lowest BCUT2D eigenvalue weighted by atomic mass is 10.1. The zero-order chi connectivity index (χ0) is 13.2. The highest BCUT2D eigenvalue weighted by molar-refractivity contribution is 6.33. The predicted molar refractivity (Wildman–Crippen MR) is 78.0 cm³/mol. The van der Waals surface area contributed by atoms with E-state index < -0.39 is 0 Å². The minimum atomic E-state index is 0.200. The van der Waals surface area contributed by atoms with Gasteiger partial charge in [-0.25, -0.2) is 0 Å². The first-order chi connectivity index (χ1) is 9.24. The van der Waals surface area contributed by atoms with E-state index in [0.717, 1.165) is 16.3 Å². The van der Waals surface area contributed by atoms with Gasteiger partial charge in [0.1, 0.15) is 12.4 Å². The molecular weight excluding hydrogens is 281 g/mol. The molecule has 1 aliphatic rings. The molecule has 4 heteroatoms. The fraction of sp³-hybridized carbons (Fsp3) is 0.200. The molecule has 0 amide bonds. The monoisotopic (exact) mass is 293 g/mol. The first-order valence-electron chi connectivity index (χ1n) is 6.13. The number of halogens is 2. The summed E-state index contributed by atoms with van der Waals surface area (Å²) in [4.78, 5) is 0. The zero-order valence-electron chi connectivity index (χ0n) is 10.2. The van der Waals surface area contributed by atoms with E-state index in [2.05, 4.69) is 11.4 Å². The summed E-state index contributed by atoms with van der Waals surface area (Å²) in [5, 5.41) is 4.88. The van der Waals surface area contributed by atoms with Gasteiger partial charge in [-0.05, 0) is 29.8 Å². The summed E-state index contributed by atoms with van der Waals surface area (Å²) in [6, 6.07) is 13.8. The molecule has 0 bridgehead atoms. The van der Waals surface area contributed by atoms with E-state index in [9.17, 15) is 0 Å². The molecule has 0 aromatic heterocycles. The van der Waals surface area contributed by atoms with Gasteiger partial charge in [-0.15, -0.1) is 0 Å². The van der Waals surface area contributed by atoms with Crippen LogP contribution in [-0.2, 0) is 6.54 Å². The predicted octanol–water partition coefficient (Wildman–Crippen LogP) is 4.22. The van der Waals surface area contributed by atoms with E-state index >= 15 is 0 Å². The van der Waals surface area contributed by atoms with Crippen molar-refractivity contribution < 1.29 is 4.74 Å². The molecule has 98 valence electrons. The number of para-hydroxylation sites is 1. The topological polar surface area (TPSA) is 21.3 Å². The molecule has 1 atom stereocenters. The number of ether oxygens (including phenoxy) is 1. The zero-order valence-corrected chi connectivity index (χ0v) is 11.7. The summed E-state index contributed by atoms with van der Waals surface area (Å²) >= 11 is 12.1. The Morgan fingerprint density at radius 3 is 2.89 bits per heavy atom. The van der Waals surface area contributed by atoms with Crippen LogP contribution in [-0.4, -0.2) is 6.61 Å². The third kappa shape index (κ3) is 2.71. The Kier molecular flexibility index (Phi) is 3.65. The molecule has 2 nitrogen and oxygen atoms in total. The van der Waals surface area contributed by atoms with Crippen LogP contribution in [0.1, 0.15) is 17.2 Å². The van der Waals surface area contributed by atoms with E-state index in [4.69, 9.17) is 27.9 Å². The Morgan fingerprint density at radius 1 is 1.16 bits per heavy atom. The molecule has 2 aromatic carbocycles. The Labute approximate surface area is 122 Å². The molecule has 2 aromatic rings. The van der Waals surface area contributed by atoms with Crippen molar-refractivity contribution >= 4 is 23.2 Å². The third-order valence-corrected chi connectivity index (χ3v) is 3.85. The summed E-state index contributed by atoms with van der Waals surface area (Å²) < 4.78 is 5.63. The summed E-state index contributed by atoms with van der Waals surface area (Å²) in [6.07, 6.45) is 0. The second kappa shape index (κ2) is 5.41. The summed E-state index contributed by atoms with van der Waals surface area (Å²) in [7, 11) is 0. The third-order valence-electron chi connectivity index (χ3n) is 3.25. The normalized spacial score (nSPS) is 17.1. The summed E-state index contributed by atoms with van der Waals surface area (Å²) in [6.45, 7) is 1.32. The van der Waals surface area contributed by atoms with Crippen molar-refractivity contribution in [3.05, 3.63) is 63.6 Å². The Bertz CT molecular complexity index is 600. The first-order valence-corrected chi connectivity index (χ1v) is 6.88. The van der Waals surface area contributed by atoms with Crippen molar-refractivity contribution in [2.75, 3.05) is 6.61 Å². The van der Waals surface area contributed by atoms with Gasteiger partial charge < -0.3 is 10.1 Å². The number of hydrogen-bond donors (Lipinski definition) is 1. The number of rotatable bonds is 3. The van der Waals surface area contributed by atoms with Crippen molar-refractivity contribution in [1.29, 1.82) is 0 Å².